The van der Waals surface area contributed by atoms with Gasteiger partial charge in [-0.15, -0.1) is 11.3 Å². The van der Waals surface area contributed by atoms with Crippen LogP contribution in [0.5, 0.6) is 0 Å². The summed E-state index contributed by atoms with van der Waals surface area (Å²) in [5.41, 5.74) is 1.06. The Balaban J connectivity index is 1.60. The lowest BCUT2D eigenvalue weighted by Crippen LogP contribution is -2.14. The van der Waals surface area contributed by atoms with Crippen molar-refractivity contribution in [3.05, 3.63) is 64.4 Å². The molecular formula is C17H12F3N3OS. The number of amides is 1. The fourth-order valence-electron chi connectivity index (χ4n) is 2.11. The second-order valence-corrected chi connectivity index (χ2v) is 6.06. The average molecular weight is 363 g/mol. The smallest absolute Gasteiger partial charge is 0.224 e. The Hall–Kier alpha value is -2.74. The third kappa shape index (κ3) is 4.03. The van der Waals surface area contributed by atoms with Crippen LogP contribution in [0.2, 0.25) is 0 Å². The van der Waals surface area contributed by atoms with Gasteiger partial charge in [-0.3, -0.25) is 9.78 Å². The van der Waals surface area contributed by atoms with Gasteiger partial charge in [0.25, 0.3) is 0 Å². The van der Waals surface area contributed by atoms with E-state index in [1.54, 1.807) is 12.3 Å². The Morgan fingerprint density at radius 1 is 1.08 bits per heavy atom. The molecule has 0 saturated carbocycles. The van der Waals surface area contributed by atoms with Gasteiger partial charge in [0.15, 0.2) is 17.5 Å². The molecule has 3 aromatic rings. The van der Waals surface area contributed by atoms with Crippen LogP contribution in [-0.2, 0) is 11.2 Å². The molecule has 25 heavy (non-hydrogen) atoms. The van der Waals surface area contributed by atoms with E-state index in [2.05, 4.69) is 15.3 Å². The summed E-state index contributed by atoms with van der Waals surface area (Å²) in [7, 11) is 0. The average Bonchev–Trinajstić information content (AvgIpc) is 3.10. The number of benzene rings is 1. The van der Waals surface area contributed by atoms with E-state index < -0.39 is 29.0 Å². The predicted molar refractivity (Wildman–Crippen MR) is 88.6 cm³/mol. The van der Waals surface area contributed by atoms with Crippen LogP contribution in [0.4, 0.5) is 18.9 Å². The highest BCUT2D eigenvalue weighted by Gasteiger charge is 2.15. The van der Waals surface area contributed by atoms with E-state index in [-0.39, 0.29) is 6.42 Å². The summed E-state index contributed by atoms with van der Waals surface area (Å²) in [5, 5.41) is 4.79. The van der Waals surface area contributed by atoms with Crippen LogP contribution in [0, 0.1) is 17.5 Å². The topological polar surface area (TPSA) is 54.9 Å². The second kappa shape index (κ2) is 7.43. The summed E-state index contributed by atoms with van der Waals surface area (Å²) < 4.78 is 39.5. The highest BCUT2D eigenvalue weighted by Crippen LogP contribution is 2.22. The Morgan fingerprint density at radius 3 is 2.68 bits per heavy atom. The van der Waals surface area contributed by atoms with Gasteiger partial charge in [0.1, 0.15) is 0 Å². The number of rotatable bonds is 5. The first-order valence-electron chi connectivity index (χ1n) is 7.34. The number of pyridine rings is 1. The fourth-order valence-corrected chi connectivity index (χ4v) is 2.91. The van der Waals surface area contributed by atoms with Gasteiger partial charge >= 0.3 is 0 Å². The van der Waals surface area contributed by atoms with Gasteiger partial charge in [-0.05, 0) is 24.3 Å². The van der Waals surface area contributed by atoms with Gasteiger partial charge in [-0.2, -0.15) is 0 Å². The van der Waals surface area contributed by atoms with E-state index in [0.29, 0.717) is 12.1 Å². The highest BCUT2D eigenvalue weighted by atomic mass is 32.1. The molecule has 128 valence electrons. The number of anilines is 1. The number of carbonyl (C=O) groups is 1. The van der Waals surface area contributed by atoms with Crippen molar-refractivity contribution in [2.24, 2.45) is 0 Å². The monoisotopic (exact) mass is 363 g/mol. The molecule has 0 atom stereocenters. The lowest BCUT2D eigenvalue weighted by atomic mass is 10.2. The van der Waals surface area contributed by atoms with Gasteiger partial charge < -0.3 is 5.32 Å². The first-order valence-corrected chi connectivity index (χ1v) is 8.21. The van der Waals surface area contributed by atoms with Crippen molar-refractivity contribution in [2.45, 2.75) is 12.8 Å². The van der Waals surface area contributed by atoms with Gasteiger partial charge in [0.05, 0.1) is 22.1 Å². The molecule has 1 aromatic carbocycles. The molecule has 4 nitrogen and oxygen atoms in total. The molecule has 0 unspecified atom stereocenters. The summed E-state index contributed by atoms with van der Waals surface area (Å²) in [5.74, 6) is -4.85. The first-order chi connectivity index (χ1) is 12.0. The van der Waals surface area contributed by atoms with Crippen LogP contribution in [0.1, 0.15) is 11.4 Å². The van der Waals surface area contributed by atoms with E-state index in [1.807, 2.05) is 17.5 Å². The zero-order valence-electron chi connectivity index (χ0n) is 12.8. The lowest BCUT2D eigenvalue weighted by molar-refractivity contribution is -0.116. The maximum Gasteiger partial charge on any atom is 0.224 e. The normalized spacial score (nSPS) is 10.7. The number of aromatic nitrogens is 2. The molecule has 0 spiro atoms. The number of halogens is 3. The second-order valence-electron chi connectivity index (χ2n) is 5.11. The van der Waals surface area contributed by atoms with Gasteiger partial charge in [-0.25, -0.2) is 18.2 Å². The molecule has 8 heteroatoms. The Bertz CT molecular complexity index is 899. The molecule has 0 fully saturated rings. The minimum absolute atomic E-state index is 0.0353. The maximum absolute atomic E-state index is 13.5. The minimum Gasteiger partial charge on any atom is -0.323 e. The van der Waals surface area contributed by atoms with Gasteiger partial charge in [0.2, 0.25) is 5.91 Å². The number of thiazole rings is 1. The standard InChI is InChI=1S/C17H12F3N3OS/c18-10-4-5-12(17(20)16(10)19)22-14(24)6-7-15-23-13(9-25-15)11-3-1-2-8-21-11/h1-5,8-9H,6-7H2,(H,22,24). The fraction of sp³-hybridized carbons (Fsp3) is 0.118. The Kier molecular flexibility index (Phi) is 5.08. The van der Waals surface area contributed by atoms with Crippen LogP contribution in [0.25, 0.3) is 11.4 Å². The van der Waals surface area contributed by atoms with E-state index in [0.717, 1.165) is 22.8 Å². The molecule has 0 saturated heterocycles. The van der Waals surface area contributed by atoms with Crippen molar-refractivity contribution in [1.29, 1.82) is 0 Å². The van der Waals surface area contributed by atoms with Crippen LogP contribution in [0.3, 0.4) is 0 Å². The van der Waals surface area contributed by atoms with Crippen molar-refractivity contribution >= 4 is 22.9 Å². The van der Waals surface area contributed by atoms with Crippen molar-refractivity contribution < 1.29 is 18.0 Å². The molecule has 0 aliphatic rings. The summed E-state index contributed by atoms with van der Waals surface area (Å²) in [6.45, 7) is 0. The van der Waals surface area contributed by atoms with Crippen molar-refractivity contribution in [1.82, 2.24) is 9.97 Å². The third-order valence-corrected chi connectivity index (χ3v) is 4.26. The van der Waals surface area contributed by atoms with Crippen LogP contribution < -0.4 is 5.32 Å². The number of aryl methyl sites for hydroxylation is 1. The van der Waals surface area contributed by atoms with Crippen molar-refractivity contribution in [3.8, 4) is 11.4 Å². The lowest BCUT2D eigenvalue weighted by Gasteiger charge is -2.06. The third-order valence-electron chi connectivity index (χ3n) is 3.35. The van der Waals surface area contributed by atoms with Gasteiger partial charge in [-0.1, -0.05) is 6.07 Å². The molecule has 2 aromatic heterocycles. The predicted octanol–water partition coefficient (Wildman–Crippen LogP) is 4.19. The number of hydrogen-bond donors (Lipinski definition) is 1. The number of nitrogens with zero attached hydrogens (tertiary/aromatic N) is 2. The van der Waals surface area contributed by atoms with Crippen molar-refractivity contribution in [3.63, 3.8) is 0 Å². The summed E-state index contributed by atoms with van der Waals surface area (Å²) in [4.78, 5) is 20.5. The van der Waals surface area contributed by atoms with Crippen LogP contribution in [0.15, 0.2) is 41.9 Å². The Morgan fingerprint density at radius 2 is 1.92 bits per heavy atom. The largest absolute Gasteiger partial charge is 0.323 e. The molecule has 1 N–H and O–H groups in total. The molecule has 0 radical (unpaired) electrons. The first kappa shape index (κ1) is 17.1. The minimum atomic E-state index is -1.61. The summed E-state index contributed by atoms with van der Waals surface area (Å²) in [6.07, 6.45) is 2.04. The summed E-state index contributed by atoms with van der Waals surface area (Å²) >= 11 is 1.39. The van der Waals surface area contributed by atoms with E-state index >= 15 is 0 Å². The Labute approximate surface area is 145 Å². The molecule has 1 amide bonds. The molecule has 0 aliphatic heterocycles. The quantitative estimate of drug-likeness (QED) is 0.692. The molecule has 0 aliphatic carbocycles. The van der Waals surface area contributed by atoms with E-state index in [4.69, 9.17) is 0 Å². The van der Waals surface area contributed by atoms with Crippen LogP contribution in [-0.4, -0.2) is 15.9 Å². The summed E-state index contributed by atoms with van der Waals surface area (Å²) in [6, 6.07) is 7.23. The molecule has 3 rings (SSSR count). The number of carbonyl (C=O) groups excluding carboxylic acids is 1. The number of hydrogen-bond acceptors (Lipinski definition) is 4. The number of nitrogens with one attached hydrogen (secondary N) is 1. The maximum atomic E-state index is 13.5. The molecule has 0 bridgehead atoms. The zero-order valence-corrected chi connectivity index (χ0v) is 13.6. The SMILES string of the molecule is O=C(CCc1nc(-c2ccccn2)cs1)Nc1ccc(F)c(F)c1F. The zero-order chi connectivity index (χ0) is 17.8. The van der Waals surface area contributed by atoms with Crippen LogP contribution >= 0.6 is 11.3 Å². The van der Waals surface area contributed by atoms with E-state index in [9.17, 15) is 18.0 Å². The highest BCUT2D eigenvalue weighted by molar-refractivity contribution is 7.09. The van der Waals surface area contributed by atoms with Crippen molar-refractivity contribution in [2.75, 3.05) is 5.32 Å². The molecular weight excluding hydrogens is 351 g/mol. The van der Waals surface area contributed by atoms with E-state index in [1.165, 1.54) is 11.3 Å². The van der Waals surface area contributed by atoms with Gasteiger partial charge in [0, 0.05) is 24.4 Å². The molecule has 2 heterocycles.